The van der Waals surface area contributed by atoms with E-state index in [4.69, 9.17) is 9.47 Å². The van der Waals surface area contributed by atoms with E-state index in [0.29, 0.717) is 37.3 Å². The first-order chi connectivity index (χ1) is 11.9. The van der Waals surface area contributed by atoms with Crippen LogP contribution in [-0.4, -0.2) is 54.9 Å². The number of ether oxygens (including phenoxy) is 2. The molecule has 1 aromatic carbocycles. The lowest BCUT2D eigenvalue weighted by Crippen LogP contribution is -2.48. The minimum Gasteiger partial charge on any atom is -0.497 e. The minimum absolute atomic E-state index is 0.138. The van der Waals surface area contributed by atoms with E-state index in [1.807, 2.05) is 0 Å². The quantitative estimate of drug-likeness (QED) is 0.914. The number of amides is 1. The highest BCUT2D eigenvalue weighted by molar-refractivity contribution is 5.98. The van der Waals surface area contributed by atoms with Gasteiger partial charge in [0.1, 0.15) is 18.0 Å². The van der Waals surface area contributed by atoms with E-state index >= 15 is 0 Å². The van der Waals surface area contributed by atoms with Crippen LogP contribution in [0.25, 0.3) is 10.9 Å². The topological polar surface area (TPSA) is 54.6 Å². The molecule has 1 N–H and O–H groups in total. The number of H-pyrrole nitrogens is 1. The van der Waals surface area contributed by atoms with Gasteiger partial charge in [0, 0.05) is 36.2 Å². The normalized spacial score (nSPS) is 16.2. The lowest BCUT2D eigenvalue weighted by atomic mass is 10.1. The molecule has 1 aliphatic rings. The van der Waals surface area contributed by atoms with Crippen molar-refractivity contribution in [3.8, 4) is 5.75 Å². The molecule has 0 saturated carbocycles. The van der Waals surface area contributed by atoms with E-state index in [1.54, 1.807) is 24.3 Å². The largest absolute Gasteiger partial charge is 0.497 e. The molecule has 3 rings (SSSR count). The van der Waals surface area contributed by atoms with Crippen LogP contribution in [0, 0.1) is 0 Å². The molecular formula is C17H19F3N2O3. The number of rotatable bonds is 4. The summed E-state index contributed by atoms with van der Waals surface area (Å²) in [7, 11) is 1.52. The van der Waals surface area contributed by atoms with Crippen LogP contribution in [0.2, 0.25) is 0 Å². The number of nitrogens with zero attached hydrogens (tertiary/aromatic N) is 1. The lowest BCUT2D eigenvalue weighted by Gasteiger charge is -2.34. The maximum atomic E-state index is 13.0. The Morgan fingerprint density at radius 1 is 1.32 bits per heavy atom. The van der Waals surface area contributed by atoms with Crippen LogP contribution in [0.5, 0.6) is 5.75 Å². The van der Waals surface area contributed by atoms with E-state index in [9.17, 15) is 18.0 Å². The zero-order chi connectivity index (χ0) is 18.0. The Hall–Kier alpha value is -2.22. The van der Waals surface area contributed by atoms with Gasteiger partial charge in [-0.2, -0.15) is 13.2 Å². The molecule has 1 fully saturated rings. The van der Waals surface area contributed by atoms with Crippen molar-refractivity contribution in [1.29, 1.82) is 0 Å². The fourth-order valence-electron chi connectivity index (χ4n) is 3.06. The summed E-state index contributed by atoms with van der Waals surface area (Å²) in [5.41, 5.74) is 0.778. The third kappa shape index (κ3) is 4.07. The van der Waals surface area contributed by atoms with E-state index < -0.39 is 24.7 Å². The minimum atomic E-state index is -4.46. The highest BCUT2D eigenvalue weighted by atomic mass is 19.4. The Morgan fingerprint density at radius 2 is 2.04 bits per heavy atom. The number of aromatic nitrogens is 1. The van der Waals surface area contributed by atoms with Crippen molar-refractivity contribution >= 4 is 16.8 Å². The van der Waals surface area contributed by atoms with Gasteiger partial charge in [0.05, 0.1) is 7.11 Å². The van der Waals surface area contributed by atoms with Gasteiger partial charge in [0.2, 0.25) is 0 Å². The van der Waals surface area contributed by atoms with Crippen molar-refractivity contribution in [1.82, 2.24) is 9.88 Å². The first-order valence-electron chi connectivity index (χ1n) is 7.99. The van der Waals surface area contributed by atoms with Crippen molar-refractivity contribution < 1.29 is 27.4 Å². The Balaban J connectivity index is 1.90. The third-order valence-electron chi connectivity index (χ3n) is 4.30. The second-order valence-corrected chi connectivity index (χ2v) is 6.03. The summed E-state index contributed by atoms with van der Waals surface area (Å²) in [5.74, 6) is -0.0516. The maximum Gasteiger partial charge on any atom is 0.406 e. The molecule has 1 aliphatic heterocycles. The highest BCUT2D eigenvalue weighted by Crippen LogP contribution is 2.26. The number of nitrogens with one attached hydrogen (secondary N) is 1. The number of halogens is 3. The van der Waals surface area contributed by atoms with E-state index in [-0.39, 0.29) is 5.69 Å². The van der Waals surface area contributed by atoms with Crippen LogP contribution in [-0.2, 0) is 4.74 Å². The van der Waals surface area contributed by atoms with E-state index in [2.05, 4.69) is 4.98 Å². The number of aromatic amines is 1. The van der Waals surface area contributed by atoms with Crippen LogP contribution in [0.15, 0.2) is 24.3 Å². The Kier molecular flexibility index (Phi) is 4.89. The molecule has 2 aromatic rings. The lowest BCUT2D eigenvalue weighted by molar-refractivity contribution is -0.147. The molecule has 0 unspecified atom stereocenters. The molecule has 0 radical (unpaired) electrons. The first kappa shape index (κ1) is 17.6. The van der Waals surface area contributed by atoms with Crippen LogP contribution in [0.3, 0.4) is 0 Å². The molecule has 1 saturated heterocycles. The Morgan fingerprint density at radius 3 is 2.68 bits per heavy atom. The fraction of sp³-hybridized carbons (Fsp3) is 0.471. The predicted octanol–water partition coefficient (Wildman–Crippen LogP) is 3.36. The summed E-state index contributed by atoms with van der Waals surface area (Å²) >= 11 is 0. The zero-order valence-electron chi connectivity index (χ0n) is 13.7. The molecule has 0 aliphatic carbocycles. The number of hydrogen-bond donors (Lipinski definition) is 1. The number of alkyl halides is 3. The highest BCUT2D eigenvalue weighted by Gasteiger charge is 2.37. The van der Waals surface area contributed by atoms with Gasteiger partial charge in [0.25, 0.3) is 5.91 Å². The molecule has 1 amide bonds. The third-order valence-corrected chi connectivity index (χ3v) is 4.30. The standard InChI is InChI=1S/C17H19F3N2O3/c1-24-13-3-2-11-8-15(21-14(11)9-13)16(23)22(10-17(18,19)20)12-4-6-25-7-5-12/h2-3,8-9,12,21H,4-7,10H2,1H3. The van der Waals surface area contributed by atoms with Crippen molar-refractivity contribution in [2.45, 2.75) is 25.1 Å². The summed E-state index contributed by atoms with van der Waals surface area (Å²) in [6.07, 6.45) is -3.66. The van der Waals surface area contributed by atoms with Crippen LogP contribution >= 0.6 is 0 Å². The molecule has 1 aromatic heterocycles. The number of fused-ring (bicyclic) bond motifs is 1. The average molecular weight is 356 g/mol. The number of carbonyl (C=O) groups excluding carboxylic acids is 1. The fourth-order valence-corrected chi connectivity index (χ4v) is 3.06. The molecule has 25 heavy (non-hydrogen) atoms. The van der Waals surface area contributed by atoms with E-state index in [0.717, 1.165) is 10.3 Å². The number of methoxy groups -OCH3 is 1. The van der Waals surface area contributed by atoms with Crippen molar-refractivity contribution in [3.05, 3.63) is 30.0 Å². The number of benzene rings is 1. The van der Waals surface area contributed by atoms with E-state index in [1.165, 1.54) is 7.11 Å². The monoisotopic (exact) mass is 356 g/mol. The molecule has 136 valence electrons. The zero-order valence-corrected chi connectivity index (χ0v) is 13.7. The van der Waals surface area contributed by atoms with Crippen LogP contribution < -0.4 is 4.74 Å². The summed E-state index contributed by atoms with van der Waals surface area (Å²) < 4.78 is 49.3. The maximum absolute atomic E-state index is 13.0. The van der Waals surface area contributed by atoms with Gasteiger partial charge in [-0.3, -0.25) is 4.79 Å². The summed E-state index contributed by atoms with van der Waals surface area (Å²) in [5, 5.41) is 0.739. The van der Waals surface area contributed by atoms with Gasteiger partial charge in [-0.15, -0.1) is 0 Å². The average Bonchev–Trinajstić information content (AvgIpc) is 3.02. The first-order valence-corrected chi connectivity index (χ1v) is 7.99. The van der Waals surface area contributed by atoms with Gasteiger partial charge >= 0.3 is 6.18 Å². The van der Waals surface area contributed by atoms with Gasteiger partial charge in [-0.05, 0) is 31.0 Å². The molecule has 0 atom stereocenters. The summed E-state index contributed by atoms with van der Waals surface area (Å²) in [6.45, 7) is -0.554. The second kappa shape index (κ2) is 6.95. The van der Waals surface area contributed by atoms with Gasteiger partial charge in [-0.25, -0.2) is 0 Å². The van der Waals surface area contributed by atoms with Crippen molar-refractivity contribution in [3.63, 3.8) is 0 Å². The van der Waals surface area contributed by atoms with Crippen LogP contribution in [0.1, 0.15) is 23.3 Å². The Bertz CT molecular complexity index is 751. The van der Waals surface area contributed by atoms with Crippen molar-refractivity contribution in [2.75, 3.05) is 26.9 Å². The summed E-state index contributed by atoms with van der Waals surface area (Å²) in [4.78, 5) is 16.6. The molecule has 8 heteroatoms. The number of hydrogen-bond acceptors (Lipinski definition) is 3. The molecule has 2 heterocycles. The Labute approximate surface area is 142 Å². The molecule has 0 spiro atoms. The van der Waals surface area contributed by atoms with Gasteiger partial charge < -0.3 is 19.4 Å². The SMILES string of the molecule is COc1ccc2cc(C(=O)N(CC(F)(F)F)C3CCOCC3)[nH]c2c1. The van der Waals surface area contributed by atoms with Gasteiger partial charge in [0.15, 0.2) is 0 Å². The van der Waals surface area contributed by atoms with Crippen LogP contribution in [0.4, 0.5) is 13.2 Å². The van der Waals surface area contributed by atoms with Crippen molar-refractivity contribution in [2.24, 2.45) is 0 Å². The molecule has 0 bridgehead atoms. The molecular weight excluding hydrogens is 337 g/mol. The smallest absolute Gasteiger partial charge is 0.406 e. The molecule has 5 nitrogen and oxygen atoms in total. The number of carbonyl (C=O) groups is 1. The van der Waals surface area contributed by atoms with Gasteiger partial charge in [-0.1, -0.05) is 0 Å². The second-order valence-electron chi connectivity index (χ2n) is 6.03. The summed E-state index contributed by atoms with van der Waals surface area (Å²) in [6, 6.07) is 6.28. The predicted molar refractivity (Wildman–Crippen MR) is 85.8 cm³/mol.